The lowest BCUT2D eigenvalue weighted by atomic mass is 10.2. The van der Waals surface area contributed by atoms with Gasteiger partial charge in [-0.15, -0.1) is 0 Å². The van der Waals surface area contributed by atoms with Crippen LogP contribution in [0.15, 0.2) is 42.6 Å². The number of nitrogens with one attached hydrogen (secondary N) is 1. The molecule has 7 heteroatoms. The molecule has 0 radical (unpaired) electrons. The van der Waals surface area contributed by atoms with Crippen molar-refractivity contribution in [3.05, 3.63) is 48.2 Å². The summed E-state index contributed by atoms with van der Waals surface area (Å²) in [6.45, 7) is 2.25. The maximum absolute atomic E-state index is 12.5. The minimum Gasteiger partial charge on any atom is -0.378 e. The Labute approximate surface area is 153 Å². The fraction of sp³-hybridized carbons (Fsp3) is 0.316. The predicted molar refractivity (Wildman–Crippen MR) is 102 cm³/mol. The summed E-state index contributed by atoms with van der Waals surface area (Å²) in [5.41, 5.74) is 2.62. The highest BCUT2D eigenvalue weighted by Crippen LogP contribution is 2.19. The number of carbonyl (C=O) groups is 2. The second kappa shape index (κ2) is 7.86. The quantitative estimate of drug-likeness (QED) is 0.830. The lowest BCUT2D eigenvalue weighted by Crippen LogP contribution is -2.48. The van der Waals surface area contributed by atoms with Gasteiger partial charge in [-0.3, -0.25) is 9.59 Å². The summed E-state index contributed by atoms with van der Waals surface area (Å²) in [4.78, 5) is 33.1. The van der Waals surface area contributed by atoms with Crippen LogP contribution in [0.1, 0.15) is 10.4 Å². The Kier molecular flexibility index (Phi) is 5.36. The van der Waals surface area contributed by atoms with Crippen molar-refractivity contribution in [1.29, 1.82) is 0 Å². The average Bonchev–Trinajstić information content (AvgIpc) is 2.68. The largest absolute Gasteiger partial charge is 0.378 e. The molecular formula is C19H23N5O2. The van der Waals surface area contributed by atoms with Crippen molar-refractivity contribution in [3.63, 3.8) is 0 Å². The van der Waals surface area contributed by atoms with Gasteiger partial charge in [0.2, 0.25) is 6.41 Å². The molecule has 1 aliphatic heterocycles. The van der Waals surface area contributed by atoms with E-state index in [4.69, 9.17) is 0 Å². The zero-order valence-corrected chi connectivity index (χ0v) is 15.1. The van der Waals surface area contributed by atoms with E-state index in [1.54, 1.807) is 28.1 Å². The van der Waals surface area contributed by atoms with E-state index in [2.05, 4.69) is 10.3 Å². The van der Waals surface area contributed by atoms with Crippen LogP contribution in [0, 0.1) is 0 Å². The zero-order chi connectivity index (χ0) is 18.5. The Bertz CT molecular complexity index is 751. The van der Waals surface area contributed by atoms with E-state index < -0.39 is 0 Å². The number of anilines is 3. The highest BCUT2D eigenvalue weighted by molar-refractivity contribution is 5.94. The summed E-state index contributed by atoms with van der Waals surface area (Å²) in [5.74, 6) is 0.634. The first-order chi connectivity index (χ1) is 12.6. The summed E-state index contributed by atoms with van der Waals surface area (Å²) in [6.07, 6.45) is 2.42. The number of aromatic nitrogens is 1. The number of pyridine rings is 1. The molecule has 0 atom stereocenters. The van der Waals surface area contributed by atoms with E-state index in [1.165, 1.54) is 0 Å². The van der Waals surface area contributed by atoms with E-state index >= 15 is 0 Å². The van der Waals surface area contributed by atoms with Gasteiger partial charge in [0.15, 0.2) is 0 Å². The van der Waals surface area contributed by atoms with Crippen molar-refractivity contribution in [2.45, 2.75) is 0 Å². The van der Waals surface area contributed by atoms with Crippen LogP contribution < -0.4 is 10.2 Å². The molecule has 0 saturated carbocycles. The molecule has 1 saturated heterocycles. The van der Waals surface area contributed by atoms with Gasteiger partial charge in [0.1, 0.15) is 5.82 Å². The minimum absolute atomic E-state index is 0.0510. The molecule has 0 aliphatic carbocycles. The second-order valence-electron chi connectivity index (χ2n) is 6.43. The van der Waals surface area contributed by atoms with Crippen LogP contribution in [0.2, 0.25) is 0 Å². The van der Waals surface area contributed by atoms with Gasteiger partial charge in [0, 0.05) is 57.8 Å². The topological polar surface area (TPSA) is 68.8 Å². The molecule has 2 heterocycles. The lowest BCUT2D eigenvalue weighted by Gasteiger charge is -2.32. The molecule has 2 aromatic rings. The molecule has 1 aromatic heterocycles. The summed E-state index contributed by atoms with van der Waals surface area (Å²) in [6, 6.07) is 11.6. The van der Waals surface area contributed by atoms with Gasteiger partial charge in [0.05, 0.1) is 5.56 Å². The van der Waals surface area contributed by atoms with Crippen molar-refractivity contribution in [2.75, 3.05) is 50.5 Å². The Morgan fingerprint density at radius 1 is 1.08 bits per heavy atom. The molecule has 1 aromatic carbocycles. The number of rotatable bonds is 5. The number of nitrogens with zero attached hydrogens (tertiary/aromatic N) is 4. The molecule has 26 heavy (non-hydrogen) atoms. The molecule has 2 amide bonds. The molecule has 0 unspecified atom stereocenters. The molecule has 136 valence electrons. The van der Waals surface area contributed by atoms with Crippen LogP contribution >= 0.6 is 0 Å². The first-order valence-electron chi connectivity index (χ1n) is 8.56. The Hall–Kier alpha value is -3.09. The lowest BCUT2D eigenvalue weighted by molar-refractivity contribution is -0.119. The summed E-state index contributed by atoms with van der Waals surface area (Å²) >= 11 is 0. The highest BCUT2D eigenvalue weighted by Gasteiger charge is 2.21. The third-order valence-electron chi connectivity index (χ3n) is 4.42. The highest BCUT2D eigenvalue weighted by atomic mass is 16.2. The summed E-state index contributed by atoms with van der Waals surface area (Å²) in [7, 11) is 4.00. The van der Waals surface area contributed by atoms with Crippen LogP contribution in [0.25, 0.3) is 0 Å². The summed E-state index contributed by atoms with van der Waals surface area (Å²) < 4.78 is 0. The molecule has 3 rings (SSSR count). The van der Waals surface area contributed by atoms with Gasteiger partial charge in [-0.1, -0.05) is 0 Å². The molecule has 0 spiro atoms. The van der Waals surface area contributed by atoms with E-state index in [9.17, 15) is 9.59 Å². The van der Waals surface area contributed by atoms with Crippen LogP contribution in [-0.4, -0.2) is 67.4 Å². The van der Waals surface area contributed by atoms with Gasteiger partial charge in [-0.25, -0.2) is 4.98 Å². The number of hydrogen-bond donors (Lipinski definition) is 1. The van der Waals surface area contributed by atoms with Gasteiger partial charge < -0.3 is 20.0 Å². The van der Waals surface area contributed by atoms with Crippen LogP contribution in [0.4, 0.5) is 17.2 Å². The monoisotopic (exact) mass is 353 g/mol. The first-order valence-corrected chi connectivity index (χ1v) is 8.56. The SMILES string of the molecule is CN(C)c1ccc(Nc2ccc(C(=O)N3CCN(C=O)CC3)cn2)cc1. The van der Waals surface area contributed by atoms with E-state index in [1.807, 2.05) is 43.3 Å². The maximum atomic E-state index is 12.5. The Balaban J connectivity index is 1.61. The van der Waals surface area contributed by atoms with Crippen molar-refractivity contribution >= 4 is 29.5 Å². The third-order valence-corrected chi connectivity index (χ3v) is 4.42. The van der Waals surface area contributed by atoms with Crippen LogP contribution in [0.3, 0.4) is 0 Å². The molecule has 1 fully saturated rings. The average molecular weight is 353 g/mol. The van der Waals surface area contributed by atoms with Gasteiger partial charge in [-0.2, -0.15) is 0 Å². The predicted octanol–water partition coefficient (Wildman–Crippen LogP) is 1.81. The van der Waals surface area contributed by atoms with E-state index in [0.29, 0.717) is 37.6 Å². The minimum atomic E-state index is -0.0510. The van der Waals surface area contributed by atoms with E-state index in [0.717, 1.165) is 17.8 Å². The number of benzene rings is 1. The Morgan fingerprint density at radius 3 is 2.31 bits per heavy atom. The second-order valence-corrected chi connectivity index (χ2v) is 6.43. The number of piperazine rings is 1. The van der Waals surface area contributed by atoms with E-state index in [-0.39, 0.29) is 5.91 Å². The zero-order valence-electron chi connectivity index (χ0n) is 15.1. The summed E-state index contributed by atoms with van der Waals surface area (Å²) in [5, 5.41) is 3.23. The fourth-order valence-corrected chi connectivity index (χ4v) is 2.80. The molecular weight excluding hydrogens is 330 g/mol. The smallest absolute Gasteiger partial charge is 0.255 e. The number of amides is 2. The van der Waals surface area contributed by atoms with Crippen molar-refractivity contribution in [3.8, 4) is 0 Å². The fourth-order valence-electron chi connectivity index (χ4n) is 2.80. The normalized spacial score (nSPS) is 14.1. The molecule has 0 bridgehead atoms. The molecule has 7 nitrogen and oxygen atoms in total. The first kappa shape index (κ1) is 17.7. The number of carbonyl (C=O) groups excluding carboxylic acids is 2. The molecule has 1 aliphatic rings. The van der Waals surface area contributed by atoms with Gasteiger partial charge in [0.25, 0.3) is 5.91 Å². The van der Waals surface area contributed by atoms with Gasteiger partial charge >= 0.3 is 0 Å². The maximum Gasteiger partial charge on any atom is 0.255 e. The molecule has 1 N–H and O–H groups in total. The van der Waals surface area contributed by atoms with Crippen molar-refractivity contribution in [2.24, 2.45) is 0 Å². The van der Waals surface area contributed by atoms with Gasteiger partial charge in [-0.05, 0) is 36.4 Å². The standard InChI is InChI=1S/C19H23N5O2/c1-22(2)17-6-4-16(5-7-17)21-18-8-3-15(13-20-18)19(26)24-11-9-23(14-25)10-12-24/h3-8,13-14H,9-12H2,1-2H3,(H,20,21). The van der Waals surface area contributed by atoms with Crippen LogP contribution in [0.5, 0.6) is 0 Å². The van der Waals surface area contributed by atoms with Crippen LogP contribution in [-0.2, 0) is 4.79 Å². The third kappa shape index (κ3) is 4.11. The Morgan fingerprint density at radius 2 is 1.77 bits per heavy atom. The van der Waals surface area contributed by atoms with Crippen molar-refractivity contribution < 1.29 is 9.59 Å². The van der Waals surface area contributed by atoms with Crippen molar-refractivity contribution in [1.82, 2.24) is 14.8 Å². The number of hydrogen-bond acceptors (Lipinski definition) is 5.